The van der Waals surface area contributed by atoms with Gasteiger partial charge in [0.1, 0.15) is 14.6 Å². The first-order valence-electron chi connectivity index (χ1n) is 4.83. The molecule has 0 N–H and O–H groups in total. The molecule has 3 nitrogen and oxygen atoms in total. The average molecular weight is 309 g/mol. The van der Waals surface area contributed by atoms with Crippen molar-refractivity contribution in [2.24, 2.45) is 0 Å². The first-order valence-corrected chi connectivity index (χ1v) is 6.78. The lowest BCUT2D eigenvalue weighted by Crippen LogP contribution is -1.99. The first kappa shape index (κ1) is 13.0. The fraction of sp³-hybridized carbons (Fsp3) is 0.300. The molecule has 7 heteroatoms. The summed E-state index contributed by atoms with van der Waals surface area (Å²) < 4.78 is 0.573. The summed E-state index contributed by atoms with van der Waals surface area (Å²) in [6, 6.07) is 0. The number of hydrogen-bond acceptors (Lipinski definition) is 4. The maximum Gasteiger partial charge on any atom is 0.191 e. The molecule has 2 rings (SSSR count). The number of aromatic nitrogens is 3. The molecule has 0 aliphatic heterocycles. The maximum absolute atomic E-state index is 6.09. The largest absolute Gasteiger partial charge is 0.240 e. The van der Waals surface area contributed by atoms with E-state index in [0.29, 0.717) is 25.5 Å². The maximum atomic E-state index is 6.09. The Labute approximate surface area is 118 Å². The van der Waals surface area contributed by atoms with Crippen molar-refractivity contribution >= 4 is 46.1 Å². The van der Waals surface area contributed by atoms with Gasteiger partial charge in [-0.05, 0) is 5.92 Å². The van der Waals surface area contributed by atoms with Gasteiger partial charge in [-0.25, -0.2) is 15.0 Å². The molecule has 0 aromatic carbocycles. The Balaban J connectivity index is 2.52. The van der Waals surface area contributed by atoms with Crippen LogP contribution in [0.25, 0.3) is 10.8 Å². The molecule has 0 saturated carbocycles. The normalized spacial score (nSPS) is 11.2. The predicted molar refractivity (Wildman–Crippen MR) is 72.3 cm³/mol. The second kappa shape index (κ2) is 5.06. The molecule has 0 atom stereocenters. The standard InChI is InChI=1S/C10H8Cl3N3S/c1-4(2)6-7(12)15-9(16-8(6)13)10-14-3-5(11)17-10/h3-4H,1-2H3. The van der Waals surface area contributed by atoms with Crippen LogP contribution in [0.1, 0.15) is 25.3 Å². The molecule has 0 saturated heterocycles. The Morgan fingerprint density at radius 2 is 1.71 bits per heavy atom. The summed E-state index contributed by atoms with van der Waals surface area (Å²) in [4.78, 5) is 12.5. The Bertz CT molecular complexity index is 530. The van der Waals surface area contributed by atoms with Gasteiger partial charge in [0.2, 0.25) is 0 Å². The van der Waals surface area contributed by atoms with Gasteiger partial charge in [0, 0.05) is 5.56 Å². The Kier molecular flexibility index (Phi) is 3.88. The van der Waals surface area contributed by atoms with Crippen molar-refractivity contribution in [2.45, 2.75) is 19.8 Å². The van der Waals surface area contributed by atoms with Crippen LogP contribution in [0.15, 0.2) is 6.20 Å². The molecule has 0 fully saturated rings. The highest BCUT2D eigenvalue weighted by atomic mass is 35.5. The Morgan fingerprint density at radius 1 is 1.12 bits per heavy atom. The molecule has 0 radical (unpaired) electrons. The van der Waals surface area contributed by atoms with Crippen molar-refractivity contribution in [2.75, 3.05) is 0 Å². The highest BCUT2D eigenvalue weighted by molar-refractivity contribution is 7.18. The van der Waals surface area contributed by atoms with Crippen LogP contribution in [0.5, 0.6) is 0 Å². The first-order chi connectivity index (χ1) is 7.99. The highest BCUT2D eigenvalue weighted by Crippen LogP contribution is 2.32. The quantitative estimate of drug-likeness (QED) is 0.756. The smallest absolute Gasteiger partial charge is 0.191 e. The number of halogens is 3. The second-order valence-electron chi connectivity index (χ2n) is 3.67. The fourth-order valence-corrected chi connectivity index (χ4v) is 3.02. The third kappa shape index (κ3) is 2.71. The average Bonchev–Trinajstić information content (AvgIpc) is 2.63. The molecule has 2 aromatic heterocycles. The summed E-state index contributed by atoms with van der Waals surface area (Å²) in [6.07, 6.45) is 1.54. The van der Waals surface area contributed by atoms with Crippen LogP contribution in [-0.4, -0.2) is 15.0 Å². The van der Waals surface area contributed by atoms with Crippen LogP contribution >= 0.6 is 46.1 Å². The third-order valence-corrected chi connectivity index (χ3v) is 3.79. The van der Waals surface area contributed by atoms with E-state index in [1.807, 2.05) is 13.8 Å². The van der Waals surface area contributed by atoms with Crippen LogP contribution in [-0.2, 0) is 0 Å². The topological polar surface area (TPSA) is 38.7 Å². The lowest BCUT2D eigenvalue weighted by molar-refractivity contribution is 0.848. The van der Waals surface area contributed by atoms with Crippen LogP contribution < -0.4 is 0 Å². The number of thiazole rings is 1. The van der Waals surface area contributed by atoms with Gasteiger partial charge in [0.05, 0.1) is 6.20 Å². The van der Waals surface area contributed by atoms with E-state index < -0.39 is 0 Å². The summed E-state index contributed by atoms with van der Waals surface area (Å²) in [6.45, 7) is 3.97. The number of hydrogen-bond donors (Lipinski definition) is 0. The van der Waals surface area contributed by atoms with Crippen LogP contribution in [0, 0.1) is 0 Å². The highest BCUT2D eigenvalue weighted by Gasteiger charge is 2.16. The Hall–Kier alpha value is -0.420. The lowest BCUT2D eigenvalue weighted by Gasteiger charge is -2.09. The zero-order valence-electron chi connectivity index (χ0n) is 9.04. The third-order valence-electron chi connectivity index (χ3n) is 2.10. The molecule has 0 bridgehead atoms. The van der Waals surface area contributed by atoms with E-state index in [2.05, 4.69) is 15.0 Å². The SMILES string of the molecule is CC(C)c1c(Cl)nc(-c2ncc(Cl)s2)nc1Cl. The summed E-state index contributed by atoms with van der Waals surface area (Å²) in [5.41, 5.74) is 0.750. The van der Waals surface area contributed by atoms with Gasteiger partial charge < -0.3 is 0 Å². The van der Waals surface area contributed by atoms with E-state index in [9.17, 15) is 0 Å². The lowest BCUT2D eigenvalue weighted by atomic mass is 10.1. The van der Waals surface area contributed by atoms with Gasteiger partial charge in [0.15, 0.2) is 10.8 Å². The summed E-state index contributed by atoms with van der Waals surface area (Å²) in [7, 11) is 0. The van der Waals surface area contributed by atoms with E-state index in [1.54, 1.807) is 6.20 Å². The molecule has 2 aromatic rings. The molecule has 0 amide bonds. The molecular weight excluding hydrogens is 301 g/mol. The van der Waals surface area contributed by atoms with Crippen LogP contribution in [0.2, 0.25) is 14.6 Å². The molecule has 0 spiro atoms. The zero-order chi connectivity index (χ0) is 12.6. The molecule has 2 heterocycles. The zero-order valence-corrected chi connectivity index (χ0v) is 12.1. The van der Waals surface area contributed by atoms with Crippen molar-refractivity contribution in [1.29, 1.82) is 0 Å². The van der Waals surface area contributed by atoms with Gasteiger partial charge in [0.25, 0.3) is 0 Å². The van der Waals surface area contributed by atoms with E-state index in [0.717, 1.165) is 5.56 Å². The van der Waals surface area contributed by atoms with E-state index in [-0.39, 0.29) is 5.92 Å². The molecule has 0 unspecified atom stereocenters. The molecule has 17 heavy (non-hydrogen) atoms. The van der Waals surface area contributed by atoms with Gasteiger partial charge in [-0.1, -0.05) is 60.0 Å². The number of nitrogens with zero attached hydrogens (tertiary/aromatic N) is 3. The van der Waals surface area contributed by atoms with Gasteiger partial charge in [-0.15, -0.1) is 0 Å². The minimum atomic E-state index is 0.170. The summed E-state index contributed by atoms with van der Waals surface area (Å²) in [5, 5.41) is 1.33. The van der Waals surface area contributed by atoms with Gasteiger partial charge in [-0.3, -0.25) is 0 Å². The number of rotatable bonds is 2. The van der Waals surface area contributed by atoms with E-state index >= 15 is 0 Å². The molecule has 0 aliphatic rings. The van der Waals surface area contributed by atoms with Gasteiger partial charge in [-0.2, -0.15) is 0 Å². The van der Waals surface area contributed by atoms with Crippen molar-refractivity contribution < 1.29 is 0 Å². The molecular formula is C10H8Cl3N3S. The fourth-order valence-electron chi connectivity index (χ4n) is 1.35. The summed E-state index contributed by atoms with van der Waals surface area (Å²) in [5.74, 6) is 0.574. The van der Waals surface area contributed by atoms with Crippen molar-refractivity contribution in [1.82, 2.24) is 15.0 Å². The van der Waals surface area contributed by atoms with Crippen LogP contribution in [0.3, 0.4) is 0 Å². The van der Waals surface area contributed by atoms with Crippen molar-refractivity contribution in [3.8, 4) is 10.8 Å². The van der Waals surface area contributed by atoms with E-state index in [4.69, 9.17) is 34.8 Å². The predicted octanol–water partition coefficient (Wildman–Crippen LogP) is 4.68. The minimum Gasteiger partial charge on any atom is -0.240 e. The van der Waals surface area contributed by atoms with Crippen molar-refractivity contribution in [3.05, 3.63) is 26.4 Å². The molecule has 0 aliphatic carbocycles. The summed E-state index contributed by atoms with van der Waals surface area (Å²) >= 11 is 19.3. The van der Waals surface area contributed by atoms with Gasteiger partial charge >= 0.3 is 0 Å². The monoisotopic (exact) mass is 307 g/mol. The minimum absolute atomic E-state index is 0.170. The Morgan fingerprint density at radius 3 is 2.12 bits per heavy atom. The second-order valence-corrected chi connectivity index (χ2v) is 6.04. The van der Waals surface area contributed by atoms with Crippen LogP contribution in [0.4, 0.5) is 0 Å². The van der Waals surface area contributed by atoms with E-state index in [1.165, 1.54) is 11.3 Å². The van der Waals surface area contributed by atoms with Crippen molar-refractivity contribution in [3.63, 3.8) is 0 Å². The molecule has 90 valence electrons.